The van der Waals surface area contributed by atoms with Gasteiger partial charge in [0.1, 0.15) is 5.49 Å². The number of nitrogens with one attached hydrogen (secondary N) is 1. The largest absolute Gasteiger partial charge is 0.209 e. The second-order valence-corrected chi connectivity index (χ2v) is 1.10. The Balaban J connectivity index is 2.68. The Labute approximate surface area is 48.6 Å². The number of thiocarbonyl (C=S) groups is 1. The first-order chi connectivity index (χ1) is 3.41. The summed E-state index contributed by atoms with van der Waals surface area (Å²) in [5, 5.41) is 0. The van der Waals surface area contributed by atoms with Gasteiger partial charge >= 0.3 is 0 Å². The molecule has 0 amide bonds. The maximum Gasteiger partial charge on any atom is 0.104 e. The van der Waals surface area contributed by atoms with Crippen molar-refractivity contribution in [1.29, 1.82) is 0 Å². The number of rotatable bonds is 4. The minimum Gasteiger partial charge on any atom is -0.209 e. The first kappa shape index (κ1) is 6.59. The Hall–Kier alpha value is -0.410. The van der Waals surface area contributed by atoms with Gasteiger partial charge in [-0.1, -0.05) is 18.3 Å². The highest BCUT2D eigenvalue weighted by Crippen LogP contribution is 1.52. The van der Waals surface area contributed by atoms with Gasteiger partial charge in [0, 0.05) is 6.54 Å². The smallest absolute Gasteiger partial charge is 0.104 e. The molecule has 0 bridgehead atoms. The van der Waals surface area contributed by atoms with Gasteiger partial charge in [-0.05, 0) is 0 Å². The van der Waals surface area contributed by atoms with Crippen molar-refractivity contribution in [2.75, 3.05) is 6.54 Å². The lowest BCUT2D eigenvalue weighted by Crippen LogP contribution is -2.21. The SMILES string of the molecule is C=CCN[N]C=S. The molecule has 0 saturated heterocycles. The Kier molecular flexibility index (Phi) is 5.26. The van der Waals surface area contributed by atoms with Crippen molar-refractivity contribution < 1.29 is 0 Å². The van der Waals surface area contributed by atoms with Gasteiger partial charge in [-0.2, -0.15) is 5.43 Å². The molecule has 0 aromatic carbocycles. The zero-order valence-electron chi connectivity index (χ0n) is 3.92. The summed E-state index contributed by atoms with van der Waals surface area (Å²) >= 11 is 4.38. The predicted molar refractivity (Wildman–Crippen MR) is 34.0 cm³/mol. The van der Waals surface area contributed by atoms with Crippen molar-refractivity contribution in [3.8, 4) is 0 Å². The van der Waals surface area contributed by atoms with Crippen LogP contribution in [0.4, 0.5) is 0 Å². The van der Waals surface area contributed by atoms with Crippen LogP contribution in [0.2, 0.25) is 0 Å². The van der Waals surface area contributed by atoms with Crippen molar-refractivity contribution in [2.45, 2.75) is 0 Å². The van der Waals surface area contributed by atoms with E-state index in [1.807, 2.05) is 0 Å². The third kappa shape index (κ3) is 5.59. The molecule has 0 unspecified atom stereocenters. The maximum absolute atomic E-state index is 4.38. The van der Waals surface area contributed by atoms with Crippen molar-refractivity contribution in [1.82, 2.24) is 10.9 Å². The van der Waals surface area contributed by atoms with Crippen molar-refractivity contribution in [3.63, 3.8) is 0 Å². The van der Waals surface area contributed by atoms with Crippen molar-refractivity contribution in [3.05, 3.63) is 12.7 Å². The summed E-state index contributed by atoms with van der Waals surface area (Å²) in [6.07, 6.45) is 1.71. The zero-order valence-corrected chi connectivity index (χ0v) is 4.74. The molecule has 0 aromatic rings. The molecular weight excluding hydrogens is 108 g/mol. The summed E-state index contributed by atoms with van der Waals surface area (Å²) in [6.45, 7) is 4.14. The van der Waals surface area contributed by atoms with Crippen LogP contribution >= 0.6 is 12.2 Å². The summed E-state index contributed by atoms with van der Waals surface area (Å²) in [6, 6.07) is 0. The van der Waals surface area contributed by atoms with Gasteiger partial charge in [-0.3, -0.25) is 0 Å². The van der Waals surface area contributed by atoms with Crippen LogP contribution in [0.5, 0.6) is 0 Å². The molecule has 0 fully saturated rings. The van der Waals surface area contributed by atoms with Gasteiger partial charge in [-0.25, -0.2) is 5.43 Å². The molecule has 39 valence electrons. The van der Waals surface area contributed by atoms with E-state index in [2.05, 4.69) is 29.6 Å². The van der Waals surface area contributed by atoms with Crippen LogP contribution in [0.3, 0.4) is 0 Å². The number of hydrogen-bond donors (Lipinski definition) is 1. The minimum atomic E-state index is 0.674. The van der Waals surface area contributed by atoms with E-state index < -0.39 is 0 Å². The average molecular weight is 115 g/mol. The van der Waals surface area contributed by atoms with E-state index in [0.29, 0.717) is 6.54 Å². The molecule has 1 radical (unpaired) electrons. The lowest BCUT2D eigenvalue weighted by atomic mass is 10.7. The van der Waals surface area contributed by atoms with Gasteiger partial charge in [0.15, 0.2) is 0 Å². The second-order valence-electron chi connectivity index (χ2n) is 0.885. The molecule has 2 nitrogen and oxygen atoms in total. The molecule has 0 spiro atoms. The zero-order chi connectivity index (χ0) is 5.54. The van der Waals surface area contributed by atoms with Crippen LogP contribution in [0.1, 0.15) is 0 Å². The fourth-order valence-electron chi connectivity index (χ4n) is 0.155. The summed E-state index contributed by atoms with van der Waals surface area (Å²) in [5.41, 5.74) is 7.44. The van der Waals surface area contributed by atoms with Crippen LogP contribution in [-0.4, -0.2) is 12.0 Å². The molecule has 0 aliphatic heterocycles. The highest BCUT2D eigenvalue weighted by molar-refractivity contribution is 7.78. The lowest BCUT2D eigenvalue weighted by Gasteiger charge is -1.89. The van der Waals surface area contributed by atoms with Crippen LogP contribution < -0.4 is 10.9 Å². The molecule has 0 aromatic heterocycles. The fourth-order valence-corrected chi connectivity index (χ4v) is 0.229. The van der Waals surface area contributed by atoms with E-state index >= 15 is 0 Å². The normalized spacial score (nSPS) is 7.43. The molecule has 7 heavy (non-hydrogen) atoms. The quantitative estimate of drug-likeness (QED) is 0.246. The molecule has 0 heterocycles. The molecular formula is C4H7N2S. The third-order valence-corrected chi connectivity index (χ3v) is 0.485. The van der Waals surface area contributed by atoms with Gasteiger partial charge in [0.25, 0.3) is 0 Å². The Bertz CT molecular complexity index is 54.7. The van der Waals surface area contributed by atoms with Gasteiger partial charge in [0.05, 0.1) is 0 Å². The minimum absolute atomic E-state index is 0.674. The summed E-state index contributed by atoms with van der Waals surface area (Å²) in [5.74, 6) is 0. The molecule has 0 aliphatic rings. The summed E-state index contributed by atoms with van der Waals surface area (Å²) < 4.78 is 0. The second kappa shape index (κ2) is 5.59. The molecule has 0 atom stereocenters. The van der Waals surface area contributed by atoms with E-state index in [1.54, 1.807) is 6.08 Å². The fraction of sp³-hybridized carbons (Fsp3) is 0.250. The maximum atomic E-state index is 4.38. The Morgan fingerprint density at radius 1 is 1.86 bits per heavy atom. The molecule has 1 N–H and O–H groups in total. The van der Waals surface area contributed by atoms with Crippen LogP contribution in [-0.2, 0) is 0 Å². The standard InChI is InChI=1S/C4H7N2S/c1-2-3-5-6-4-7/h2,4-5H,1,3H2. The Morgan fingerprint density at radius 3 is 3.00 bits per heavy atom. The first-order valence-electron chi connectivity index (χ1n) is 1.89. The van der Waals surface area contributed by atoms with E-state index in [4.69, 9.17) is 0 Å². The highest BCUT2D eigenvalue weighted by atomic mass is 32.1. The Morgan fingerprint density at radius 2 is 2.57 bits per heavy atom. The van der Waals surface area contributed by atoms with E-state index in [9.17, 15) is 0 Å². The topological polar surface area (TPSA) is 26.1 Å². The van der Waals surface area contributed by atoms with Crippen LogP contribution in [0, 0.1) is 0 Å². The lowest BCUT2D eigenvalue weighted by molar-refractivity contribution is 0.719. The monoisotopic (exact) mass is 115 g/mol. The van der Waals surface area contributed by atoms with Crippen molar-refractivity contribution in [2.24, 2.45) is 0 Å². The molecule has 0 rings (SSSR count). The van der Waals surface area contributed by atoms with E-state index in [1.165, 1.54) is 5.49 Å². The number of nitrogens with zero attached hydrogens (tertiary/aromatic N) is 1. The first-order valence-corrected chi connectivity index (χ1v) is 2.36. The van der Waals surface area contributed by atoms with Crippen molar-refractivity contribution >= 4 is 17.7 Å². The number of hydrogen-bond acceptors (Lipinski definition) is 2. The molecule has 3 heteroatoms. The van der Waals surface area contributed by atoms with Crippen LogP contribution in [0.15, 0.2) is 12.7 Å². The van der Waals surface area contributed by atoms with Gasteiger partial charge in [0.2, 0.25) is 0 Å². The van der Waals surface area contributed by atoms with E-state index in [-0.39, 0.29) is 0 Å². The summed E-state index contributed by atoms with van der Waals surface area (Å²) in [4.78, 5) is 0. The van der Waals surface area contributed by atoms with Crippen LogP contribution in [0.25, 0.3) is 0 Å². The summed E-state index contributed by atoms with van der Waals surface area (Å²) in [7, 11) is 0. The van der Waals surface area contributed by atoms with Gasteiger partial charge < -0.3 is 0 Å². The third-order valence-electron chi connectivity index (χ3n) is 0.380. The van der Waals surface area contributed by atoms with Gasteiger partial charge in [-0.15, -0.1) is 6.58 Å². The average Bonchev–Trinajstić information content (AvgIpc) is 1.69. The molecule has 0 saturated carbocycles. The highest BCUT2D eigenvalue weighted by Gasteiger charge is 1.70. The predicted octanol–water partition coefficient (Wildman–Crippen LogP) is 0.239. The molecule has 0 aliphatic carbocycles. The van der Waals surface area contributed by atoms with E-state index in [0.717, 1.165) is 0 Å².